The van der Waals surface area contributed by atoms with E-state index >= 15 is 0 Å². The molecule has 8 heteroatoms. The Hall–Kier alpha value is -1.93. The Bertz CT molecular complexity index is 449. The molecule has 1 N–H and O–H groups in total. The van der Waals surface area contributed by atoms with Gasteiger partial charge in [0, 0.05) is 26.0 Å². The van der Waals surface area contributed by atoms with E-state index in [0.717, 1.165) is 57.4 Å². The lowest BCUT2D eigenvalue weighted by Gasteiger charge is -2.17. The standard InChI is InChI=1S/C20H34O8/c1-3-20(24)27-15-18(14-26-17(2)21)28-16-25-13-11-9-7-5-4-6-8-10-12-19(22)23/h3,18H,1,4-16H2,2H3,(H,22,23). The summed E-state index contributed by atoms with van der Waals surface area (Å²) in [5, 5.41) is 8.55. The summed E-state index contributed by atoms with van der Waals surface area (Å²) in [6, 6.07) is 0. The van der Waals surface area contributed by atoms with Crippen LogP contribution in [-0.2, 0) is 33.3 Å². The Morgan fingerprint density at radius 1 is 0.929 bits per heavy atom. The summed E-state index contributed by atoms with van der Waals surface area (Å²) in [6.45, 7) is 5.12. The second-order valence-electron chi connectivity index (χ2n) is 6.42. The maximum absolute atomic E-state index is 11.1. The Morgan fingerprint density at radius 3 is 2.07 bits per heavy atom. The second-order valence-corrected chi connectivity index (χ2v) is 6.42. The van der Waals surface area contributed by atoms with Gasteiger partial charge < -0.3 is 24.1 Å². The van der Waals surface area contributed by atoms with E-state index in [1.54, 1.807) is 0 Å². The average Bonchev–Trinajstić information content (AvgIpc) is 2.66. The van der Waals surface area contributed by atoms with Crippen molar-refractivity contribution < 1.29 is 38.4 Å². The van der Waals surface area contributed by atoms with Crippen LogP contribution in [-0.4, -0.2) is 55.7 Å². The highest BCUT2D eigenvalue weighted by atomic mass is 16.7. The first-order valence-corrected chi connectivity index (χ1v) is 9.79. The van der Waals surface area contributed by atoms with Crippen molar-refractivity contribution in [3.05, 3.63) is 12.7 Å². The molecule has 8 nitrogen and oxygen atoms in total. The minimum Gasteiger partial charge on any atom is -0.481 e. The quantitative estimate of drug-likeness (QED) is 0.152. The highest BCUT2D eigenvalue weighted by Crippen LogP contribution is 2.10. The zero-order valence-corrected chi connectivity index (χ0v) is 16.9. The molecule has 162 valence electrons. The summed E-state index contributed by atoms with van der Waals surface area (Å²) < 4.78 is 20.6. The Balaban J connectivity index is 3.59. The number of carbonyl (C=O) groups is 3. The zero-order valence-electron chi connectivity index (χ0n) is 16.9. The van der Waals surface area contributed by atoms with E-state index in [-0.39, 0.29) is 26.4 Å². The van der Waals surface area contributed by atoms with E-state index in [9.17, 15) is 14.4 Å². The van der Waals surface area contributed by atoms with Gasteiger partial charge in [-0.1, -0.05) is 45.1 Å². The lowest BCUT2D eigenvalue weighted by molar-refractivity contribution is -0.161. The number of ether oxygens (including phenoxy) is 4. The maximum Gasteiger partial charge on any atom is 0.330 e. The van der Waals surface area contributed by atoms with Gasteiger partial charge in [0.25, 0.3) is 0 Å². The van der Waals surface area contributed by atoms with Gasteiger partial charge in [-0.05, 0) is 12.8 Å². The van der Waals surface area contributed by atoms with Crippen molar-refractivity contribution in [3.63, 3.8) is 0 Å². The molecule has 0 aromatic heterocycles. The predicted molar refractivity (Wildman–Crippen MR) is 103 cm³/mol. The van der Waals surface area contributed by atoms with Crippen molar-refractivity contribution in [1.29, 1.82) is 0 Å². The van der Waals surface area contributed by atoms with E-state index in [2.05, 4.69) is 6.58 Å². The summed E-state index contributed by atoms with van der Waals surface area (Å²) in [4.78, 5) is 32.4. The fourth-order valence-electron chi connectivity index (χ4n) is 2.33. The van der Waals surface area contributed by atoms with Crippen LogP contribution >= 0.6 is 0 Å². The Kier molecular flexibility index (Phi) is 17.2. The van der Waals surface area contributed by atoms with E-state index in [0.29, 0.717) is 6.61 Å². The van der Waals surface area contributed by atoms with Gasteiger partial charge in [-0.2, -0.15) is 0 Å². The van der Waals surface area contributed by atoms with Crippen molar-refractivity contribution in [2.24, 2.45) is 0 Å². The monoisotopic (exact) mass is 402 g/mol. The van der Waals surface area contributed by atoms with Gasteiger partial charge in [-0.25, -0.2) is 4.79 Å². The molecule has 0 amide bonds. The molecule has 28 heavy (non-hydrogen) atoms. The van der Waals surface area contributed by atoms with Gasteiger partial charge in [0.05, 0.1) is 0 Å². The molecule has 0 heterocycles. The van der Waals surface area contributed by atoms with Crippen LogP contribution in [0.4, 0.5) is 0 Å². The molecular formula is C20H34O8. The number of carboxylic acid groups (broad SMARTS) is 1. The van der Waals surface area contributed by atoms with Crippen LogP contribution in [0.3, 0.4) is 0 Å². The van der Waals surface area contributed by atoms with Crippen LogP contribution in [0.15, 0.2) is 12.7 Å². The van der Waals surface area contributed by atoms with Crippen molar-refractivity contribution in [2.45, 2.75) is 70.8 Å². The number of rotatable bonds is 19. The number of carbonyl (C=O) groups excluding carboxylic acids is 2. The molecule has 0 rings (SSSR count). The smallest absolute Gasteiger partial charge is 0.330 e. The molecule has 0 aliphatic rings. The predicted octanol–water partition coefficient (Wildman–Crippen LogP) is 3.23. The second kappa shape index (κ2) is 18.4. The largest absolute Gasteiger partial charge is 0.481 e. The fourth-order valence-corrected chi connectivity index (χ4v) is 2.33. The first-order chi connectivity index (χ1) is 13.5. The molecule has 1 atom stereocenters. The molecule has 0 saturated heterocycles. The van der Waals surface area contributed by atoms with Crippen LogP contribution in [0.5, 0.6) is 0 Å². The number of hydrogen-bond donors (Lipinski definition) is 1. The summed E-state index contributed by atoms with van der Waals surface area (Å²) in [6.07, 6.45) is 8.91. The van der Waals surface area contributed by atoms with E-state index in [1.165, 1.54) is 6.92 Å². The van der Waals surface area contributed by atoms with Gasteiger partial charge in [-0.15, -0.1) is 0 Å². The van der Waals surface area contributed by atoms with Crippen LogP contribution in [0.1, 0.15) is 64.7 Å². The molecule has 0 aromatic rings. The van der Waals surface area contributed by atoms with Crippen LogP contribution in [0, 0.1) is 0 Å². The third-order valence-corrected chi connectivity index (χ3v) is 3.87. The van der Waals surface area contributed by atoms with Gasteiger partial charge in [0.1, 0.15) is 26.1 Å². The number of esters is 2. The molecule has 0 spiro atoms. The zero-order chi connectivity index (χ0) is 21.0. The molecule has 0 radical (unpaired) electrons. The SMILES string of the molecule is C=CC(=O)OCC(COC(C)=O)OCOCCCCCCCCCCC(=O)O. The van der Waals surface area contributed by atoms with E-state index in [1.807, 2.05) is 0 Å². The minimum absolute atomic E-state index is 0.0183. The summed E-state index contributed by atoms with van der Waals surface area (Å²) in [5.41, 5.74) is 0. The molecule has 0 aliphatic carbocycles. The van der Waals surface area contributed by atoms with E-state index in [4.69, 9.17) is 24.1 Å². The molecule has 0 aromatic carbocycles. The lowest BCUT2D eigenvalue weighted by atomic mass is 10.1. The molecule has 0 fully saturated rings. The Labute approximate surface area is 167 Å². The summed E-state index contributed by atoms with van der Waals surface area (Å²) in [5.74, 6) is -1.73. The van der Waals surface area contributed by atoms with Crippen molar-refractivity contribution >= 4 is 17.9 Å². The number of carboxylic acids is 1. The topological polar surface area (TPSA) is 108 Å². The number of aliphatic carboxylic acids is 1. The minimum atomic E-state index is -0.723. The van der Waals surface area contributed by atoms with Gasteiger partial charge >= 0.3 is 17.9 Å². The molecule has 0 aliphatic heterocycles. The highest BCUT2D eigenvalue weighted by molar-refractivity contribution is 5.81. The molecule has 0 saturated carbocycles. The third-order valence-electron chi connectivity index (χ3n) is 3.87. The first-order valence-electron chi connectivity index (χ1n) is 9.79. The summed E-state index contributed by atoms with van der Waals surface area (Å²) in [7, 11) is 0. The first kappa shape index (κ1) is 26.1. The van der Waals surface area contributed by atoms with Gasteiger partial charge in [-0.3, -0.25) is 9.59 Å². The Morgan fingerprint density at radius 2 is 1.50 bits per heavy atom. The number of unbranched alkanes of at least 4 members (excludes halogenated alkanes) is 7. The van der Waals surface area contributed by atoms with Crippen LogP contribution in [0.2, 0.25) is 0 Å². The number of hydrogen-bond acceptors (Lipinski definition) is 7. The van der Waals surface area contributed by atoms with Gasteiger partial charge in [0.15, 0.2) is 0 Å². The van der Waals surface area contributed by atoms with Crippen LogP contribution < -0.4 is 0 Å². The lowest BCUT2D eigenvalue weighted by Crippen LogP contribution is -2.28. The van der Waals surface area contributed by atoms with Crippen molar-refractivity contribution in [3.8, 4) is 0 Å². The normalized spacial score (nSPS) is 11.6. The maximum atomic E-state index is 11.1. The van der Waals surface area contributed by atoms with Crippen molar-refractivity contribution in [1.82, 2.24) is 0 Å². The third kappa shape index (κ3) is 18.8. The fraction of sp³-hybridized carbons (Fsp3) is 0.750. The average molecular weight is 402 g/mol. The van der Waals surface area contributed by atoms with Crippen molar-refractivity contribution in [2.75, 3.05) is 26.6 Å². The molecule has 0 bridgehead atoms. The summed E-state index contributed by atoms with van der Waals surface area (Å²) >= 11 is 0. The molecular weight excluding hydrogens is 368 g/mol. The highest BCUT2D eigenvalue weighted by Gasteiger charge is 2.13. The van der Waals surface area contributed by atoms with Crippen LogP contribution in [0.25, 0.3) is 0 Å². The van der Waals surface area contributed by atoms with Gasteiger partial charge in [0.2, 0.25) is 0 Å². The molecule has 1 unspecified atom stereocenters. The van der Waals surface area contributed by atoms with E-state index < -0.39 is 24.0 Å².